The van der Waals surface area contributed by atoms with Crippen molar-refractivity contribution in [2.45, 2.75) is 26.4 Å². The van der Waals surface area contributed by atoms with E-state index in [4.69, 9.17) is 16.3 Å². The average Bonchev–Trinajstić information content (AvgIpc) is 2.15. The molecule has 0 radical (unpaired) electrons. The van der Waals surface area contributed by atoms with Gasteiger partial charge in [0.05, 0.1) is 0 Å². The van der Waals surface area contributed by atoms with E-state index in [2.05, 4.69) is 15.5 Å². The van der Waals surface area contributed by atoms with Crippen molar-refractivity contribution in [3.8, 4) is 0 Å². The van der Waals surface area contributed by atoms with E-state index >= 15 is 0 Å². The van der Waals surface area contributed by atoms with Crippen molar-refractivity contribution < 1.29 is 9.53 Å². The minimum absolute atomic E-state index is 0.153. The Labute approximate surface area is 99.2 Å². The van der Waals surface area contributed by atoms with Gasteiger partial charge in [0.2, 0.25) is 0 Å². The predicted molar refractivity (Wildman–Crippen MR) is 61.8 cm³/mol. The third-order valence-corrected chi connectivity index (χ3v) is 1.80. The van der Waals surface area contributed by atoms with Gasteiger partial charge in [-0.1, -0.05) is 11.6 Å². The first-order valence-corrected chi connectivity index (χ1v) is 5.15. The van der Waals surface area contributed by atoms with Crippen LogP contribution in [-0.4, -0.2) is 28.8 Å². The summed E-state index contributed by atoms with van der Waals surface area (Å²) in [5, 5.41) is 10.3. The molecule has 1 aromatic heterocycles. The van der Waals surface area contributed by atoms with Crippen LogP contribution in [0.2, 0.25) is 5.15 Å². The molecule has 88 valence electrons. The number of carbonyl (C=O) groups excluding carboxylic acids is 1. The summed E-state index contributed by atoms with van der Waals surface area (Å²) in [6.45, 7) is 5.38. The highest BCUT2D eigenvalue weighted by Gasteiger charge is 2.21. The van der Waals surface area contributed by atoms with Crippen molar-refractivity contribution in [2.24, 2.45) is 0 Å². The molecule has 1 N–H and O–H groups in total. The number of halogens is 1. The van der Waals surface area contributed by atoms with Gasteiger partial charge in [-0.05, 0) is 26.8 Å². The van der Waals surface area contributed by atoms with Crippen LogP contribution in [0.5, 0.6) is 0 Å². The highest BCUT2D eigenvalue weighted by atomic mass is 35.5. The maximum atomic E-state index is 11.8. The van der Waals surface area contributed by atoms with Gasteiger partial charge in [-0.15, -0.1) is 10.2 Å². The standard InChI is InChI=1S/C10H14ClN3O2/c1-10(2,3)16-9(15)6-5-7(11)13-14-8(6)12-4/h5H,1-4H3,(H,12,14). The zero-order valence-corrected chi connectivity index (χ0v) is 10.4. The highest BCUT2D eigenvalue weighted by molar-refractivity contribution is 6.29. The molecule has 1 rings (SSSR count). The number of aromatic nitrogens is 2. The second-order valence-corrected chi connectivity index (χ2v) is 4.57. The molecule has 0 saturated heterocycles. The second-order valence-electron chi connectivity index (χ2n) is 4.18. The van der Waals surface area contributed by atoms with Gasteiger partial charge in [-0.25, -0.2) is 4.79 Å². The van der Waals surface area contributed by atoms with Crippen molar-refractivity contribution >= 4 is 23.4 Å². The first kappa shape index (κ1) is 12.7. The fourth-order valence-corrected chi connectivity index (χ4v) is 1.19. The van der Waals surface area contributed by atoms with E-state index in [0.29, 0.717) is 5.82 Å². The van der Waals surface area contributed by atoms with Gasteiger partial charge in [0.1, 0.15) is 11.2 Å². The first-order chi connectivity index (χ1) is 7.33. The number of nitrogens with one attached hydrogen (secondary N) is 1. The Morgan fingerprint density at radius 2 is 2.06 bits per heavy atom. The number of hydrogen-bond acceptors (Lipinski definition) is 5. The van der Waals surface area contributed by atoms with Crippen molar-refractivity contribution in [3.05, 3.63) is 16.8 Å². The summed E-state index contributed by atoms with van der Waals surface area (Å²) in [5.41, 5.74) is -0.282. The van der Waals surface area contributed by atoms with E-state index in [-0.39, 0.29) is 10.7 Å². The molecule has 0 bridgehead atoms. The van der Waals surface area contributed by atoms with Crippen molar-refractivity contribution in [1.82, 2.24) is 10.2 Å². The van der Waals surface area contributed by atoms with Crippen molar-refractivity contribution in [1.29, 1.82) is 0 Å². The van der Waals surface area contributed by atoms with Gasteiger partial charge in [-0.2, -0.15) is 0 Å². The van der Waals surface area contributed by atoms with Gasteiger partial charge < -0.3 is 10.1 Å². The number of rotatable bonds is 2. The molecule has 0 aromatic carbocycles. The van der Waals surface area contributed by atoms with E-state index in [1.54, 1.807) is 27.8 Å². The summed E-state index contributed by atoms with van der Waals surface area (Å²) in [6, 6.07) is 1.43. The molecule has 1 heterocycles. The number of nitrogens with zero attached hydrogens (tertiary/aromatic N) is 2. The molecule has 0 aliphatic rings. The van der Waals surface area contributed by atoms with E-state index in [0.717, 1.165) is 0 Å². The lowest BCUT2D eigenvalue weighted by atomic mass is 10.2. The Hall–Kier alpha value is -1.36. The summed E-state index contributed by atoms with van der Waals surface area (Å²) in [6.07, 6.45) is 0. The van der Waals surface area contributed by atoms with Crippen molar-refractivity contribution in [3.63, 3.8) is 0 Å². The lowest BCUT2D eigenvalue weighted by molar-refractivity contribution is 0.00701. The Morgan fingerprint density at radius 3 is 2.56 bits per heavy atom. The maximum absolute atomic E-state index is 11.8. The molecular formula is C10H14ClN3O2. The number of ether oxygens (including phenoxy) is 1. The van der Waals surface area contributed by atoms with Gasteiger partial charge in [0.15, 0.2) is 11.0 Å². The van der Waals surface area contributed by atoms with Crippen LogP contribution in [0.4, 0.5) is 5.82 Å². The zero-order valence-electron chi connectivity index (χ0n) is 9.67. The first-order valence-electron chi connectivity index (χ1n) is 4.78. The Balaban J connectivity index is 3.02. The quantitative estimate of drug-likeness (QED) is 0.806. The van der Waals surface area contributed by atoms with Crippen LogP contribution in [0.15, 0.2) is 6.07 Å². The predicted octanol–water partition coefficient (Wildman–Crippen LogP) is 2.13. The largest absolute Gasteiger partial charge is 0.456 e. The summed E-state index contributed by atoms with van der Waals surface area (Å²) in [4.78, 5) is 11.8. The molecule has 1 aromatic rings. The van der Waals surface area contributed by atoms with Crippen molar-refractivity contribution in [2.75, 3.05) is 12.4 Å². The summed E-state index contributed by atoms with van der Waals surface area (Å²) in [5.74, 6) is -0.132. The van der Waals surface area contributed by atoms with E-state index in [1.165, 1.54) is 6.07 Å². The molecule has 0 atom stereocenters. The third-order valence-electron chi connectivity index (χ3n) is 1.62. The Kier molecular flexibility index (Phi) is 3.70. The number of esters is 1. The lowest BCUT2D eigenvalue weighted by Crippen LogP contribution is -2.24. The maximum Gasteiger partial charge on any atom is 0.342 e. The Morgan fingerprint density at radius 1 is 1.44 bits per heavy atom. The van der Waals surface area contributed by atoms with E-state index in [9.17, 15) is 4.79 Å². The molecule has 0 saturated carbocycles. The molecule has 0 amide bonds. The molecule has 0 unspecified atom stereocenters. The lowest BCUT2D eigenvalue weighted by Gasteiger charge is -2.20. The van der Waals surface area contributed by atoms with Gasteiger partial charge in [0.25, 0.3) is 0 Å². The fraction of sp³-hybridized carbons (Fsp3) is 0.500. The number of hydrogen-bond donors (Lipinski definition) is 1. The fourth-order valence-electron chi connectivity index (χ4n) is 1.04. The van der Waals surface area contributed by atoms with E-state index < -0.39 is 11.6 Å². The SMILES string of the molecule is CNc1nnc(Cl)cc1C(=O)OC(C)(C)C. The summed E-state index contributed by atoms with van der Waals surface area (Å²) >= 11 is 5.68. The number of carbonyl (C=O) groups is 1. The molecule has 6 heteroatoms. The van der Waals surface area contributed by atoms with E-state index in [1.807, 2.05) is 0 Å². The summed E-state index contributed by atoms with van der Waals surface area (Å²) in [7, 11) is 1.64. The molecule has 0 aliphatic heterocycles. The normalized spacial score (nSPS) is 11.1. The van der Waals surface area contributed by atoms with Crippen LogP contribution in [0, 0.1) is 0 Å². The van der Waals surface area contributed by atoms with Crippen LogP contribution in [0.1, 0.15) is 31.1 Å². The third kappa shape index (κ3) is 3.34. The molecule has 0 fully saturated rings. The topological polar surface area (TPSA) is 64.1 Å². The smallest absolute Gasteiger partial charge is 0.342 e. The Bertz CT molecular complexity index is 402. The molecular weight excluding hydrogens is 230 g/mol. The highest BCUT2D eigenvalue weighted by Crippen LogP contribution is 2.19. The zero-order chi connectivity index (χ0) is 12.3. The minimum Gasteiger partial charge on any atom is -0.456 e. The van der Waals surface area contributed by atoms with Crippen LogP contribution in [0.3, 0.4) is 0 Å². The molecule has 5 nitrogen and oxygen atoms in total. The van der Waals surface area contributed by atoms with Gasteiger partial charge in [0, 0.05) is 7.05 Å². The number of anilines is 1. The molecule has 16 heavy (non-hydrogen) atoms. The minimum atomic E-state index is -0.558. The summed E-state index contributed by atoms with van der Waals surface area (Å²) < 4.78 is 5.22. The van der Waals surface area contributed by atoms with Crippen LogP contribution in [0.25, 0.3) is 0 Å². The van der Waals surface area contributed by atoms with Crippen LogP contribution < -0.4 is 5.32 Å². The molecule has 0 aliphatic carbocycles. The monoisotopic (exact) mass is 243 g/mol. The second kappa shape index (κ2) is 4.65. The molecule has 0 spiro atoms. The van der Waals surface area contributed by atoms with Gasteiger partial charge in [-0.3, -0.25) is 0 Å². The van der Waals surface area contributed by atoms with Crippen LogP contribution >= 0.6 is 11.6 Å². The van der Waals surface area contributed by atoms with Crippen LogP contribution in [-0.2, 0) is 4.74 Å². The average molecular weight is 244 g/mol. The van der Waals surface area contributed by atoms with Gasteiger partial charge >= 0.3 is 5.97 Å².